The van der Waals surface area contributed by atoms with Crippen molar-refractivity contribution in [1.29, 1.82) is 0 Å². The third-order valence-corrected chi connectivity index (χ3v) is 2.98. The average Bonchev–Trinajstić information content (AvgIpc) is 2.36. The summed E-state index contributed by atoms with van der Waals surface area (Å²) < 4.78 is 20.2. The third kappa shape index (κ3) is 4.32. The Labute approximate surface area is 131 Å². The zero-order chi connectivity index (χ0) is 15.6. The van der Waals surface area contributed by atoms with Gasteiger partial charge in [-0.2, -0.15) is 4.98 Å². The minimum Gasteiger partial charge on any atom is -0.470 e. The number of benzene rings is 1. The lowest BCUT2D eigenvalue weighted by atomic mass is 10.2. The second kappa shape index (κ2) is 5.89. The molecule has 3 N–H and O–H groups in total. The third-order valence-electron chi connectivity index (χ3n) is 2.48. The summed E-state index contributed by atoms with van der Waals surface area (Å²) in [4.78, 5) is 4.28. The summed E-state index contributed by atoms with van der Waals surface area (Å²) in [7, 11) is 0. The van der Waals surface area contributed by atoms with E-state index in [4.69, 9.17) is 10.5 Å². The molecule has 0 fully saturated rings. The van der Waals surface area contributed by atoms with Gasteiger partial charge in [0.05, 0.1) is 11.4 Å². The van der Waals surface area contributed by atoms with Gasteiger partial charge in [0.25, 0.3) is 0 Å². The van der Waals surface area contributed by atoms with Gasteiger partial charge in [-0.15, -0.1) is 0 Å². The van der Waals surface area contributed by atoms with E-state index in [9.17, 15) is 4.39 Å². The Kier molecular flexibility index (Phi) is 4.37. The van der Waals surface area contributed by atoms with Crippen LogP contribution in [0.1, 0.15) is 20.8 Å². The predicted molar refractivity (Wildman–Crippen MR) is 86.4 cm³/mol. The molecule has 4 nitrogen and oxygen atoms in total. The molecule has 0 bridgehead atoms. The van der Waals surface area contributed by atoms with Gasteiger partial charge in [-0.05, 0) is 51.1 Å². The van der Waals surface area contributed by atoms with Crippen molar-refractivity contribution in [2.24, 2.45) is 0 Å². The van der Waals surface area contributed by atoms with Gasteiger partial charge in [-0.3, -0.25) is 0 Å². The highest BCUT2D eigenvalue weighted by molar-refractivity contribution is 9.10. The van der Waals surface area contributed by atoms with E-state index < -0.39 is 5.60 Å². The van der Waals surface area contributed by atoms with Crippen molar-refractivity contribution in [3.63, 3.8) is 0 Å². The number of ether oxygens (including phenoxy) is 1. The number of hydrogen-bond acceptors (Lipinski definition) is 4. The first kappa shape index (κ1) is 15.6. The molecule has 0 atom stereocenters. The van der Waals surface area contributed by atoms with Gasteiger partial charge in [0, 0.05) is 4.47 Å². The van der Waals surface area contributed by atoms with Crippen LogP contribution in [0.2, 0.25) is 0 Å². The molecule has 0 radical (unpaired) electrons. The summed E-state index contributed by atoms with van der Waals surface area (Å²) in [5.41, 5.74) is 6.19. The highest BCUT2D eigenvalue weighted by Gasteiger charge is 2.16. The first-order valence-corrected chi connectivity index (χ1v) is 7.21. The van der Waals surface area contributed by atoms with Gasteiger partial charge in [0.1, 0.15) is 17.2 Å². The summed E-state index contributed by atoms with van der Waals surface area (Å²) in [5, 5.41) is 2.91. The Morgan fingerprint density at radius 3 is 2.62 bits per heavy atom. The van der Waals surface area contributed by atoms with E-state index in [-0.39, 0.29) is 5.82 Å². The van der Waals surface area contributed by atoms with Crippen LogP contribution in [0.25, 0.3) is 0 Å². The molecule has 1 heterocycles. The molecule has 1 aromatic carbocycles. The number of nitrogens with two attached hydrogens (primary N) is 1. The fourth-order valence-electron chi connectivity index (χ4n) is 1.62. The fraction of sp³-hybridized carbons (Fsp3) is 0.267. The maximum atomic E-state index is 13.7. The highest BCUT2D eigenvalue weighted by Crippen LogP contribution is 2.28. The summed E-state index contributed by atoms with van der Waals surface area (Å²) in [6.45, 7) is 5.71. The van der Waals surface area contributed by atoms with Crippen molar-refractivity contribution in [3.05, 3.63) is 40.6 Å². The van der Waals surface area contributed by atoms with Crippen molar-refractivity contribution in [1.82, 2.24) is 4.98 Å². The fourth-order valence-corrected chi connectivity index (χ4v) is 1.98. The van der Waals surface area contributed by atoms with Crippen molar-refractivity contribution >= 4 is 33.1 Å². The van der Waals surface area contributed by atoms with E-state index in [1.54, 1.807) is 24.3 Å². The molecule has 0 aliphatic rings. The lowest BCUT2D eigenvalue weighted by molar-refractivity contribution is 0.125. The van der Waals surface area contributed by atoms with Crippen LogP contribution >= 0.6 is 15.9 Å². The topological polar surface area (TPSA) is 60.2 Å². The molecule has 112 valence electrons. The number of hydrogen-bond donors (Lipinski definition) is 2. The Bertz CT molecular complexity index is 656. The minimum atomic E-state index is -0.416. The lowest BCUT2D eigenvalue weighted by Gasteiger charge is -2.21. The quantitative estimate of drug-likeness (QED) is 0.853. The highest BCUT2D eigenvalue weighted by atomic mass is 79.9. The number of rotatable bonds is 3. The van der Waals surface area contributed by atoms with Crippen LogP contribution in [-0.2, 0) is 0 Å². The average molecular weight is 354 g/mol. The first-order chi connectivity index (χ1) is 9.74. The van der Waals surface area contributed by atoms with Crippen molar-refractivity contribution in [2.45, 2.75) is 26.4 Å². The minimum absolute atomic E-state index is 0.322. The Balaban J connectivity index is 2.29. The number of nitrogens with one attached hydrogen (secondary N) is 1. The summed E-state index contributed by atoms with van der Waals surface area (Å²) in [5.74, 6) is 0.415. The maximum Gasteiger partial charge on any atom is 0.239 e. The van der Waals surface area contributed by atoms with E-state index in [1.165, 1.54) is 6.07 Å². The molecule has 0 saturated heterocycles. The number of nitrogens with zero attached hydrogens (tertiary/aromatic N) is 1. The molecule has 0 spiro atoms. The SMILES string of the molecule is CC(C)(C)Oc1nc(Nc2cc(Br)ccc2F)ccc1N. The van der Waals surface area contributed by atoms with Gasteiger partial charge in [-0.25, -0.2) is 4.39 Å². The molecular weight excluding hydrogens is 337 g/mol. The number of aromatic nitrogens is 1. The molecule has 0 aliphatic carbocycles. The summed E-state index contributed by atoms with van der Waals surface area (Å²) in [6.07, 6.45) is 0. The monoisotopic (exact) mass is 353 g/mol. The molecule has 1 aromatic heterocycles. The van der Waals surface area contributed by atoms with Crippen LogP contribution in [0.5, 0.6) is 5.88 Å². The van der Waals surface area contributed by atoms with Crippen molar-refractivity contribution in [3.8, 4) is 5.88 Å². The molecule has 2 aromatic rings. The van der Waals surface area contributed by atoms with Crippen LogP contribution in [0.3, 0.4) is 0 Å². The molecule has 0 aliphatic heterocycles. The van der Waals surface area contributed by atoms with Crippen LogP contribution in [-0.4, -0.2) is 10.6 Å². The zero-order valence-electron chi connectivity index (χ0n) is 12.1. The molecule has 0 amide bonds. The van der Waals surface area contributed by atoms with Gasteiger partial charge in [-0.1, -0.05) is 15.9 Å². The zero-order valence-corrected chi connectivity index (χ0v) is 13.7. The Morgan fingerprint density at radius 2 is 1.95 bits per heavy atom. The van der Waals surface area contributed by atoms with Gasteiger partial charge in [0.15, 0.2) is 0 Å². The maximum absolute atomic E-state index is 13.7. The largest absolute Gasteiger partial charge is 0.470 e. The lowest BCUT2D eigenvalue weighted by Crippen LogP contribution is -2.24. The van der Waals surface area contributed by atoms with Crippen molar-refractivity contribution < 1.29 is 9.13 Å². The second-order valence-corrected chi connectivity index (χ2v) is 6.47. The smallest absolute Gasteiger partial charge is 0.239 e. The van der Waals surface area contributed by atoms with E-state index in [1.807, 2.05) is 20.8 Å². The van der Waals surface area contributed by atoms with Crippen LogP contribution in [0.4, 0.5) is 21.6 Å². The molecule has 21 heavy (non-hydrogen) atoms. The van der Waals surface area contributed by atoms with Gasteiger partial charge < -0.3 is 15.8 Å². The standard InChI is InChI=1S/C15H17BrFN3O/c1-15(2,3)21-14-11(18)6-7-13(20-14)19-12-8-9(16)4-5-10(12)17/h4-8H,18H2,1-3H3,(H,19,20). The first-order valence-electron chi connectivity index (χ1n) is 6.42. The molecule has 2 rings (SSSR count). The van der Waals surface area contributed by atoms with Gasteiger partial charge in [0.2, 0.25) is 5.88 Å². The van der Waals surface area contributed by atoms with Crippen LogP contribution in [0, 0.1) is 5.82 Å². The summed E-state index contributed by atoms with van der Waals surface area (Å²) in [6, 6.07) is 7.98. The van der Waals surface area contributed by atoms with E-state index >= 15 is 0 Å². The number of halogens is 2. The Morgan fingerprint density at radius 1 is 1.24 bits per heavy atom. The van der Waals surface area contributed by atoms with E-state index in [0.717, 1.165) is 4.47 Å². The van der Waals surface area contributed by atoms with Crippen molar-refractivity contribution in [2.75, 3.05) is 11.1 Å². The van der Waals surface area contributed by atoms with E-state index in [0.29, 0.717) is 23.1 Å². The normalized spacial score (nSPS) is 11.3. The predicted octanol–water partition coefficient (Wildman–Crippen LogP) is 4.49. The van der Waals surface area contributed by atoms with E-state index in [2.05, 4.69) is 26.2 Å². The van der Waals surface area contributed by atoms with Crippen LogP contribution < -0.4 is 15.8 Å². The molecule has 0 unspecified atom stereocenters. The number of pyridine rings is 1. The Hall–Kier alpha value is -1.82. The van der Waals surface area contributed by atoms with Gasteiger partial charge >= 0.3 is 0 Å². The number of nitrogen functional groups attached to an aromatic ring is 1. The second-order valence-electron chi connectivity index (χ2n) is 5.55. The molecule has 6 heteroatoms. The molecular formula is C15H17BrFN3O. The van der Waals surface area contributed by atoms with Crippen LogP contribution in [0.15, 0.2) is 34.8 Å². The molecule has 0 saturated carbocycles. The number of anilines is 3. The summed E-state index contributed by atoms with van der Waals surface area (Å²) >= 11 is 3.30.